The highest BCUT2D eigenvalue weighted by Gasteiger charge is 2.16. The van der Waals surface area contributed by atoms with Crippen LogP contribution in [0.3, 0.4) is 0 Å². The molecule has 0 amide bonds. The number of hydrogen-bond acceptors (Lipinski definition) is 8. The lowest BCUT2D eigenvalue weighted by atomic mass is 10.3. The van der Waals surface area contributed by atoms with Gasteiger partial charge in [0, 0.05) is 12.5 Å². The molecule has 2 N–H and O–H groups in total. The molecule has 0 fully saturated rings. The molecule has 0 aliphatic heterocycles. The molecule has 4 aromatic rings. The van der Waals surface area contributed by atoms with Crippen molar-refractivity contribution in [2.75, 3.05) is 12.8 Å². The summed E-state index contributed by atoms with van der Waals surface area (Å²) in [4.78, 5) is 13.2. The smallest absolute Gasteiger partial charge is 0.221 e. The highest BCUT2D eigenvalue weighted by Crippen LogP contribution is 2.35. The number of rotatable bonds is 5. The number of nitrogen functional groups attached to an aromatic ring is 1. The lowest BCUT2D eigenvalue weighted by molar-refractivity contribution is 0.181. The first kappa shape index (κ1) is 17.0. The Balaban J connectivity index is 1.66. The predicted octanol–water partition coefficient (Wildman–Crippen LogP) is 2.88. The SMILES string of the molecule is COCc1cccc(Cn2cc(-c3nc(N)nc4c(Br)csc34)nn2)n1. The first-order valence-electron chi connectivity index (χ1n) is 7.68. The van der Waals surface area contributed by atoms with Gasteiger partial charge in [0.05, 0.1) is 39.9 Å². The van der Waals surface area contributed by atoms with Gasteiger partial charge in [0.15, 0.2) is 0 Å². The number of aromatic nitrogens is 6. The van der Waals surface area contributed by atoms with Crippen molar-refractivity contribution in [2.45, 2.75) is 13.2 Å². The lowest BCUT2D eigenvalue weighted by Crippen LogP contribution is -2.04. The Labute approximate surface area is 161 Å². The summed E-state index contributed by atoms with van der Waals surface area (Å²) >= 11 is 5.02. The van der Waals surface area contributed by atoms with E-state index in [1.807, 2.05) is 29.8 Å². The zero-order chi connectivity index (χ0) is 18.1. The van der Waals surface area contributed by atoms with Crippen LogP contribution in [0.25, 0.3) is 21.6 Å². The molecule has 10 heteroatoms. The molecule has 0 atom stereocenters. The quantitative estimate of drug-likeness (QED) is 0.517. The molecule has 26 heavy (non-hydrogen) atoms. The maximum absolute atomic E-state index is 5.85. The zero-order valence-corrected chi connectivity index (χ0v) is 16.2. The number of anilines is 1. The summed E-state index contributed by atoms with van der Waals surface area (Å²) in [5.74, 6) is 0.204. The van der Waals surface area contributed by atoms with E-state index in [1.54, 1.807) is 11.8 Å². The van der Waals surface area contributed by atoms with Crippen molar-refractivity contribution in [1.82, 2.24) is 29.9 Å². The van der Waals surface area contributed by atoms with Crippen LogP contribution in [0, 0.1) is 0 Å². The molecule has 0 aliphatic rings. The Bertz CT molecular complexity index is 1080. The molecule has 0 aliphatic carbocycles. The molecule has 4 heterocycles. The number of nitrogens with two attached hydrogens (primary N) is 1. The van der Waals surface area contributed by atoms with E-state index in [-0.39, 0.29) is 5.95 Å². The molecule has 4 aromatic heterocycles. The summed E-state index contributed by atoms with van der Waals surface area (Å²) in [6, 6.07) is 5.82. The van der Waals surface area contributed by atoms with Crippen LogP contribution in [0.2, 0.25) is 0 Å². The third kappa shape index (κ3) is 3.30. The third-order valence-electron chi connectivity index (χ3n) is 3.65. The number of ether oxygens (including phenoxy) is 1. The van der Waals surface area contributed by atoms with Gasteiger partial charge in [0.1, 0.15) is 16.9 Å². The van der Waals surface area contributed by atoms with Gasteiger partial charge in [0.25, 0.3) is 0 Å². The lowest BCUT2D eigenvalue weighted by Gasteiger charge is -2.03. The Hall–Kier alpha value is -2.43. The fourth-order valence-electron chi connectivity index (χ4n) is 2.58. The van der Waals surface area contributed by atoms with E-state index in [2.05, 4.69) is 41.2 Å². The molecular weight excluding hydrogens is 418 g/mol. The van der Waals surface area contributed by atoms with Crippen LogP contribution in [0.4, 0.5) is 5.95 Å². The van der Waals surface area contributed by atoms with Gasteiger partial charge in [-0.3, -0.25) is 4.98 Å². The van der Waals surface area contributed by atoms with Crippen LogP contribution in [-0.4, -0.2) is 37.1 Å². The van der Waals surface area contributed by atoms with Gasteiger partial charge in [-0.1, -0.05) is 11.3 Å². The van der Waals surface area contributed by atoms with Crippen molar-refractivity contribution >= 4 is 43.4 Å². The van der Waals surface area contributed by atoms with Crippen molar-refractivity contribution < 1.29 is 4.74 Å². The fraction of sp³-hybridized carbons (Fsp3) is 0.188. The Morgan fingerprint density at radius 1 is 1.23 bits per heavy atom. The van der Waals surface area contributed by atoms with E-state index in [4.69, 9.17) is 10.5 Å². The van der Waals surface area contributed by atoms with E-state index < -0.39 is 0 Å². The van der Waals surface area contributed by atoms with E-state index in [0.29, 0.717) is 24.5 Å². The number of methoxy groups -OCH3 is 1. The van der Waals surface area contributed by atoms with Crippen LogP contribution < -0.4 is 5.73 Å². The molecule has 0 unspecified atom stereocenters. The molecule has 0 saturated heterocycles. The highest BCUT2D eigenvalue weighted by atomic mass is 79.9. The molecule has 132 valence electrons. The summed E-state index contributed by atoms with van der Waals surface area (Å²) in [7, 11) is 1.65. The van der Waals surface area contributed by atoms with Crippen LogP contribution in [0.15, 0.2) is 34.2 Å². The van der Waals surface area contributed by atoms with Gasteiger partial charge >= 0.3 is 0 Å². The number of hydrogen-bond donors (Lipinski definition) is 1. The average Bonchev–Trinajstić information content (AvgIpc) is 3.22. The molecular formula is C16H14BrN7OS. The Kier molecular flexibility index (Phi) is 4.62. The van der Waals surface area contributed by atoms with E-state index in [1.165, 1.54) is 11.3 Å². The third-order valence-corrected chi connectivity index (χ3v) is 5.53. The maximum Gasteiger partial charge on any atom is 0.221 e. The first-order valence-corrected chi connectivity index (χ1v) is 9.36. The number of halogens is 1. The van der Waals surface area contributed by atoms with Gasteiger partial charge in [-0.05, 0) is 28.1 Å². The zero-order valence-electron chi connectivity index (χ0n) is 13.8. The average molecular weight is 432 g/mol. The van der Waals surface area contributed by atoms with E-state index in [9.17, 15) is 0 Å². The predicted molar refractivity (Wildman–Crippen MR) is 103 cm³/mol. The minimum absolute atomic E-state index is 0.204. The summed E-state index contributed by atoms with van der Waals surface area (Å²) in [6.07, 6.45) is 1.83. The van der Waals surface area contributed by atoms with Crippen molar-refractivity contribution in [1.29, 1.82) is 0 Å². The molecule has 8 nitrogen and oxygen atoms in total. The maximum atomic E-state index is 5.85. The summed E-state index contributed by atoms with van der Waals surface area (Å²) in [5.41, 5.74) is 9.70. The molecule has 4 rings (SSSR count). The summed E-state index contributed by atoms with van der Waals surface area (Å²) in [6.45, 7) is 0.976. The minimum atomic E-state index is 0.204. The van der Waals surface area contributed by atoms with Crippen molar-refractivity contribution in [3.63, 3.8) is 0 Å². The van der Waals surface area contributed by atoms with Gasteiger partial charge in [-0.25, -0.2) is 14.6 Å². The molecule has 0 spiro atoms. The number of thiophene rings is 1. The van der Waals surface area contributed by atoms with Crippen molar-refractivity contribution in [3.05, 3.63) is 45.6 Å². The van der Waals surface area contributed by atoms with E-state index >= 15 is 0 Å². The van der Waals surface area contributed by atoms with Crippen LogP contribution >= 0.6 is 27.3 Å². The van der Waals surface area contributed by atoms with Gasteiger partial charge in [-0.2, -0.15) is 0 Å². The van der Waals surface area contributed by atoms with Crippen LogP contribution in [0.5, 0.6) is 0 Å². The Morgan fingerprint density at radius 2 is 2.08 bits per heavy atom. The second-order valence-electron chi connectivity index (χ2n) is 5.55. The van der Waals surface area contributed by atoms with Gasteiger partial charge < -0.3 is 10.5 Å². The second kappa shape index (κ2) is 7.06. The van der Waals surface area contributed by atoms with Crippen LogP contribution in [0.1, 0.15) is 11.4 Å². The number of fused-ring (bicyclic) bond motifs is 1. The normalized spacial score (nSPS) is 11.3. The standard InChI is InChI=1S/C16H14BrN7OS/c1-25-7-10-4-2-3-9(19-10)5-24-6-12(22-23-24)14-15-13(11(17)8-26-15)20-16(18)21-14/h2-4,6,8H,5,7H2,1H3,(H2,18,20,21). The summed E-state index contributed by atoms with van der Waals surface area (Å²) in [5, 5.41) is 10.4. The number of pyridine rings is 1. The molecule has 0 radical (unpaired) electrons. The summed E-state index contributed by atoms with van der Waals surface area (Å²) < 4.78 is 8.65. The van der Waals surface area contributed by atoms with Crippen LogP contribution in [-0.2, 0) is 17.9 Å². The highest BCUT2D eigenvalue weighted by molar-refractivity contribution is 9.10. The van der Waals surface area contributed by atoms with Gasteiger partial charge in [-0.15, -0.1) is 16.4 Å². The first-order chi connectivity index (χ1) is 12.6. The molecule has 0 bridgehead atoms. The Morgan fingerprint density at radius 3 is 2.92 bits per heavy atom. The van der Waals surface area contributed by atoms with Gasteiger partial charge in [0.2, 0.25) is 5.95 Å². The fourth-order valence-corrected chi connectivity index (χ4v) is 4.14. The molecule has 0 saturated carbocycles. The minimum Gasteiger partial charge on any atom is -0.378 e. The molecule has 0 aromatic carbocycles. The second-order valence-corrected chi connectivity index (χ2v) is 7.28. The largest absolute Gasteiger partial charge is 0.378 e. The van der Waals surface area contributed by atoms with Crippen molar-refractivity contribution in [3.8, 4) is 11.4 Å². The van der Waals surface area contributed by atoms with Crippen molar-refractivity contribution in [2.24, 2.45) is 0 Å². The van der Waals surface area contributed by atoms with E-state index in [0.717, 1.165) is 26.1 Å². The monoisotopic (exact) mass is 431 g/mol. The topological polar surface area (TPSA) is 105 Å². The number of nitrogens with zero attached hydrogens (tertiary/aromatic N) is 6.